The number of aromatic hydroxyl groups is 1. The van der Waals surface area contributed by atoms with E-state index in [1.807, 2.05) is 37.3 Å². The maximum atomic E-state index is 12.1. The topological polar surface area (TPSA) is 75.4 Å². The van der Waals surface area contributed by atoms with E-state index in [0.717, 1.165) is 16.7 Å². The molecule has 1 atom stereocenters. The third-order valence-corrected chi connectivity index (χ3v) is 3.45. The Labute approximate surface area is 124 Å². The number of rotatable bonds is 4. The lowest BCUT2D eigenvalue weighted by molar-refractivity contribution is -0.116. The lowest BCUT2D eigenvalue weighted by Crippen LogP contribution is -2.21. The van der Waals surface area contributed by atoms with Gasteiger partial charge in [-0.15, -0.1) is 0 Å². The SMILES string of the molecule is Cc1cc(NC(=O)CC(N)c2ccccc2)c(C)cc1O. The van der Waals surface area contributed by atoms with Crippen molar-refractivity contribution in [1.29, 1.82) is 0 Å². The first-order valence-corrected chi connectivity index (χ1v) is 6.88. The second kappa shape index (κ2) is 6.41. The number of phenolic OH excluding ortho intramolecular Hbond substituents is 1. The first-order valence-electron chi connectivity index (χ1n) is 6.88. The number of benzene rings is 2. The number of phenols is 1. The molecule has 0 aliphatic heterocycles. The van der Waals surface area contributed by atoms with Crippen LogP contribution in [0.5, 0.6) is 5.75 Å². The molecule has 0 saturated carbocycles. The zero-order valence-electron chi connectivity index (χ0n) is 12.3. The van der Waals surface area contributed by atoms with Gasteiger partial charge in [-0.1, -0.05) is 30.3 Å². The molecule has 0 radical (unpaired) electrons. The highest BCUT2D eigenvalue weighted by atomic mass is 16.3. The van der Waals surface area contributed by atoms with Gasteiger partial charge < -0.3 is 16.2 Å². The summed E-state index contributed by atoms with van der Waals surface area (Å²) in [5.74, 6) is 0.0889. The summed E-state index contributed by atoms with van der Waals surface area (Å²) in [6.45, 7) is 3.63. The second-order valence-corrected chi connectivity index (χ2v) is 5.22. The molecular formula is C17H20N2O2. The zero-order chi connectivity index (χ0) is 15.4. The summed E-state index contributed by atoms with van der Waals surface area (Å²) in [5, 5.41) is 12.5. The Morgan fingerprint density at radius 3 is 2.52 bits per heavy atom. The first kappa shape index (κ1) is 15.1. The van der Waals surface area contributed by atoms with Gasteiger partial charge in [0.1, 0.15) is 5.75 Å². The highest BCUT2D eigenvalue weighted by molar-refractivity contribution is 5.92. The molecule has 1 unspecified atom stereocenters. The Bertz CT molecular complexity index is 639. The van der Waals surface area contributed by atoms with Crippen molar-refractivity contribution in [2.45, 2.75) is 26.3 Å². The highest BCUT2D eigenvalue weighted by Gasteiger charge is 2.13. The molecule has 2 aromatic rings. The normalized spacial score (nSPS) is 12.0. The van der Waals surface area contributed by atoms with Crippen molar-refractivity contribution in [2.75, 3.05) is 5.32 Å². The minimum atomic E-state index is -0.329. The number of hydrogen-bond acceptors (Lipinski definition) is 3. The Morgan fingerprint density at radius 1 is 1.19 bits per heavy atom. The average Bonchev–Trinajstić information content (AvgIpc) is 2.45. The molecule has 4 N–H and O–H groups in total. The Balaban J connectivity index is 2.04. The van der Waals surface area contributed by atoms with Gasteiger partial charge in [0.25, 0.3) is 0 Å². The second-order valence-electron chi connectivity index (χ2n) is 5.22. The zero-order valence-corrected chi connectivity index (χ0v) is 12.3. The van der Waals surface area contributed by atoms with Gasteiger partial charge in [0.05, 0.1) is 0 Å². The number of anilines is 1. The van der Waals surface area contributed by atoms with Gasteiger partial charge in [0.15, 0.2) is 0 Å². The van der Waals surface area contributed by atoms with E-state index in [1.165, 1.54) is 0 Å². The summed E-state index contributed by atoms with van der Waals surface area (Å²) in [6, 6.07) is 12.6. The number of nitrogens with two attached hydrogens (primary N) is 1. The van der Waals surface area contributed by atoms with Gasteiger partial charge >= 0.3 is 0 Å². The molecule has 2 aromatic carbocycles. The fourth-order valence-electron chi connectivity index (χ4n) is 2.15. The average molecular weight is 284 g/mol. The van der Waals surface area contributed by atoms with Crippen LogP contribution in [0.25, 0.3) is 0 Å². The van der Waals surface area contributed by atoms with Gasteiger partial charge in [-0.05, 0) is 42.7 Å². The van der Waals surface area contributed by atoms with Crippen LogP contribution in [0.2, 0.25) is 0 Å². The van der Waals surface area contributed by atoms with Crippen LogP contribution in [-0.2, 0) is 4.79 Å². The van der Waals surface area contributed by atoms with Crippen molar-refractivity contribution in [2.24, 2.45) is 5.73 Å². The van der Waals surface area contributed by atoms with Crippen LogP contribution in [-0.4, -0.2) is 11.0 Å². The fraction of sp³-hybridized carbons (Fsp3) is 0.235. The molecule has 0 spiro atoms. The largest absolute Gasteiger partial charge is 0.508 e. The van der Waals surface area contributed by atoms with Crippen molar-refractivity contribution < 1.29 is 9.90 Å². The third kappa shape index (κ3) is 3.83. The van der Waals surface area contributed by atoms with Crippen LogP contribution >= 0.6 is 0 Å². The Kier molecular flexibility index (Phi) is 4.60. The summed E-state index contributed by atoms with van der Waals surface area (Å²) in [5.41, 5.74) is 9.23. The summed E-state index contributed by atoms with van der Waals surface area (Å²) >= 11 is 0. The van der Waals surface area contributed by atoms with E-state index < -0.39 is 0 Å². The van der Waals surface area contributed by atoms with Gasteiger partial charge in [-0.2, -0.15) is 0 Å². The molecule has 1 amide bonds. The third-order valence-electron chi connectivity index (χ3n) is 3.45. The van der Waals surface area contributed by atoms with E-state index in [9.17, 15) is 9.90 Å². The molecule has 21 heavy (non-hydrogen) atoms. The van der Waals surface area contributed by atoms with E-state index in [2.05, 4.69) is 5.32 Å². The molecule has 0 fully saturated rings. The maximum Gasteiger partial charge on any atom is 0.226 e. The number of carbonyl (C=O) groups is 1. The standard InChI is InChI=1S/C17H20N2O2/c1-11-9-16(20)12(2)8-15(11)19-17(21)10-14(18)13-6-4-3-5-7-13/h3-9,14,20H,10,18H2,1-2H3,(H,19,21). The van der Waals surface area contributed by atoms with E-state index in [-0.39, 0.29) is 24.1 Å². The Morgan fingerprint density at radius 2 is 1.86 bits per heavy atom. The molecule has 0 aromatic heterocycles. The predicted octanol–water partition coefficient (Wildman–Crippen LogP) is 3.04. The molecule has 110 valence electrons. The number of aryl methyl sites for hydroxylation is 2. The number of hydrogen-bond donors (Lipinski definition) is 3. The van der Waals surface area contributed by atoms with E-state index in [1.54, 1.807) is 19.1 Å². The summed E-state index contributed by atoms with van der Waals surface area (Å²) < 4.78 is 0. The minimum absolute atomic E-state index is 0.139. The predicted molar refractivity (Wildman–Crippen MR) is 84.2 cm³/mol. The van der Waals surface area contributed by atoms with Crippen molar-refractivity contribution in [3.05, 3.63) is 59.2 Å². The van der Waals surface area contributed by atoms with Crippen molar-refractivity contribution in [3.8, 4) is 5.75 Å². The molecule has 2 rings (SSSR count). The Hall–Kier alpha value is -2.33. The molecule has 4 heteroatoms. The monoisotopic (exact) mass is 284 g/mol. The van der Waals surface area contributed by atoms with Crippen molar-refractivity contribution in [1.82, 2.24) is 0 Å². The quantitative estimate of drug-likeness (QED) is 0.755. The van der Waals surface area contributed by atoms with Gasteiger partial charge in [-0.25, -0.2) is 0 Å². The summed E-state index contributed by atoms with van der Waals surface area (Å²) in [4.78, 5) is 12.1. The van der Waals surface area contributed by atoms with Crippen LogP contribution in [0, 0.1) is 13.8 Å². The smallest absolute Gasteiger partial charge is 0.226 e. The van der Waals surface area contributed by atoms with Crippen LogP contribution in [0.1, 0.15) is 29.2 Å². The molecule has 0 aliphatic rings. The van der Waals surface area contributed by atoms with Crippen LogP contribution < -0.4 is 11.1 Å². The van der Waals surface area contributed by atoms with E-state index in [0.29, 0.717) is 5.69 Å². The summed E-state index contributed by atoms with van der Waals surface area (Å²) in [6.07, 6.45) is 0.212. The van der Waals surface area contributed by atoms with Crippen molar-refractivity contribution in [3.63, 3.8) is 0 Å². The van der Waals surface area contributed by atoms with Crippen LogP contribution in [0.4, 0.5) is 5.69 Å². The minimum Gasteiger partial charge on any atom is -0.508 e. The highest BCUT2D eigenvalue weighted by Crippen LogP contribution is 2.25. The van der Waals surface area contributed by atoms with E-state index in [4.69, 9.17) is 5.73 Å². The molecule has 0 aliphatic carbocycles. The molecule has 4 nitrogen and oxygen atoms in total. The fourth-order valence-corrected chi connectivity index (χ4v) is 2.15. The number of amides is 1. The van der Waals surface area contributed by atoms with Gasteiger partial charge in [0, 0.05) is 18.2 Å². The number of carbonyl (C=O) groups excluding carboxylic acids is 1. The lowest BCUT2D eigenvalue weighted by Gasteiger charge is -2.14. The maximum absolute atomic E-state index is 12.1. The lowest BCUT2D eigenvalue weighted by atomic mass is 10.0. The molecule has 0 bridgehead atoms. The van der Waals surface area contributed by atoms with Gasteiger partial charge in [0.2, 0.25) is 5.91 Å². The molecule has 0 heterocycles. The van der Waals surface area contributed by atoms with Crippen molar-refractivity contribution >= 4 is 11.6 Å². The van der Waals surface area contributed by atoms with Gasteiger partial charge in [-0.3, -0.25) is 4.79 Å². The first-order chi connectivity index (χ1) is 9.97. The molecular weight excluding hydrogens is 264 g/mol. The molecule has 0 saturated heterocycles. The van der Waals surface area contributed by atoms with Crippen LogP contribution in [0.3, 0.4) is 0 Å². The summed E-state index contributed by atoms with van der Waals surface area (Å²) in [7, 11) is 0. The van der Waals surface area contributed by atoms with Crippen LogP contribution in [0.15, 0.2) is 42.5 Å². The van der Waals surface area contributed by atoms with E-state index >= 15 is 0 Å². The number of nitrogens with one attached hydrogen (secondary N) is 1.